The van der Waals surface area contributed by atoms with Gasteiger partial charge in [0.2, 0.25) is 9.84 Å². The van der Waals surface area contributed by atoms with Crippen molar-refractivity contribution in [3.8, 4) is 0 Å². The van der Waals surface area contributed by atoms with Crippen LogP contribution in [0.1, 0.15) is 12.8 Å². The first-order chi connectivity index (χ1) is 8.13. The highest BCUT2D eigenvalue weighted by atomic mass is 35.5. The third kappa shape index (κ3) is 2.79. The van der Waals surface area contributed by atoms with Gasteiger partial charge in [-0.2, -0.15) is 4.98 Å². The SMILES string of the molecule is O=S(=O)(CCCCCl)c1nc2ccccc2o1. The number of nitrogens with zero attached hydrogens (tertiary/aromatic N) is 1. The van der Waals surface area contributed by atoms with E-state index in [2.05, 4.69) is 4.98 Å². The smallest absolute Gasteiger partial charge is 0.316 e. The van der Waals surface area contributed by atoms with Gasteiger partial charge in [0.1, 0.15) is 5.52 Å². The van der Waals surface area contributed by atoms with E-state index < -0.39 is 9.84 Å². The van der Waals surface area contributed by atoms with Gasteiger partial charge in [0.25, 0.3) is 0 Å². The number of sulfone groups is 1. The molecule has 6 heteroatoms. The zero-order valence-electron chi connectivity index (χ0n) is 9.10. The van der Waals surface area contributed by atoms with E-state index in [0.29, 0.717) is 29.8 Å². The summed E-state index contributed by atoms with van der Waals surface area (Å²) in [4.78, 5) is 3.98. The number of alkyl halides is 1. The van der Waals surface area contributed by atoms with Crippen LogP contribution >= 0.6 is 11.6 Å². The Bertz CT molecular complexity index is 573. The Morgan fingerprint density at radius 1 is 1.24 bits per heavy atom. The van der Waals surface area contributed by atoms with Gasteiger partial charge >= 0.3 is 5.22 Å². The van der Waals surface area contributed by atoms with Crippen LogP contribution in [0.3, 0.4) is 0 Å². The maximum absolute atomic E-state index is 11.9. The van der Waals surface area contributed by atoms with Crippen LogP contribution in [0.15, 0.2) is 33.9 Å². The third-order valence-corrected chi connectivity index (χ3v) is 4.14. The predicted molar refractivity (Wildman–Crippen MR) is 66.0 cm³/mol. The number of para-hydroxylation sites is 2. The molecule has 0 unspecified atom stereocenters. The molecule has 2 aromatic rings. The van der Waals surface area contributed by atoms with Crippen LogP contribution in [0.4, 0.5) is 0 Å². The summed E-state index contributed by atoms with van der Waals surface area (Å²) in [6.07, 6.45) is 1.19. The zero-order valence-corrected chi connectivity index (χ0v) is 10.7. The van der Waals surface area contributed by atoms with E-state index in [1.165, 1.54) is 0 Å². The Balaban J connectivity index is 2.26. The molecule has 92 valence electrons. The van der Waals surface area contributed by atoms with Crippen LogP contribution in [0.25, 0.3) is 11.1 Å². The summed E-state index contributed by atoms with van der Waals surface area (Å²) in [5.41, 5.74) is 1.05. The Kier molecular flexibility index (Phi) is 3.69. The van der Waals surface area contributed by atoms with Crippen LogP contribution in [-0.4, -0.2) is 25.0 Å². The van der Waals surface area contributed by atoms with Gasteiger partial charge in [0.05, 0.1) is 5.75 Å². The molecule has 0 amide bonds. The number of unbranched alkanes of at least 4 members (excludes halogenated alkanes) is 1. The molecule has 0 saturated heterocycles. The first-order valence-electron chi connectivity index (χ1n) is 5.28. The molecule has 1 aromatic heterocycles. The van der Waals surface area contributed by atoms with Crippen molar-refractivity contribution in [2.75, 3.05) is 11.6 Å². The molecule has 2 rings (SSSR count). The highest BCUT2D eigenvalue weighted by Gasteiger charge is 2.21. The number of benzene rings is 1. The van der Waals surface area contributed by atoms with E-state index in [1.807, 2.05) is 0 Å². The average molecular weight is 274 g/mol. The Labute approximate surface area is 105 Å². The van der Waals surface area contributed by atoms with Crippen LogP contribution in [0.2, 0.25) is 0 Å². The topological polar surface area (TPSA) is 60.2 Å². The molecule has 0 saturated carbocycles. The van der Waals surface area contributed by atoms with Gasteiger partial charge in [-0.15, -0.1) is 11.6 Å². The second-order valence-corrected chi connectivity index (χ2v) is 6.03. The maximum Gasteiger partial charge on any atom is 0.316 e. The van der Waals surface area contributed by atoms with E-state index in [0.717, 1.165) is 0 Å². The second kappa shape index (κ2) is 5.06. The molecule has 0 bridgehead atoms. The first kappa shape index (κ1) is 12.4. The molecule has 0 aliphatic rings. The lowest BCUT2D eigenvalue weighted by atomic mass is 10.3. The van der Waals surface area contributed by atoms with Crippen molar-refractivity contribution in [3.05, 3.63) is 24.3 Å². The van der Waals surface area contributed by atoms with E-state index >= 15 is 0 Å². The molecule has 0 spiro atoms. The summed E-state index contributed by atoms with van der Waals surface area (Å²) in [6.45, 7) is 0. The molecule has 1 heterocycles. The molecule has 0 aliphatic heterocycles. The number of aromatic nitrogens is 1. The van der Waals surface area contributed by atoms with Gasteiger partial charge < -0.3 is 4.42 Å². The summed E-state index contributed by atoms with van der Waals surface area (Å²) in [5.74, 6) is 0.482. The summed E-state index contributed by atoms with van der Waals surface area (Å²) in [6, 6.07) is 6.98. The lowest BCUT2D eigenvalue weighted by molar-refractivity contribution is 0.457. The van der Waals surface area contributed by atoms with Crippen molar-refractivity contribution in [1.82, 2.24) is 4.98 Å². The van der Waals surface area contributed by atoms with E-state index in [4.69, 9.17) is 16.0 Å². The second-order valence-electron chi connectivity index (χ2n) is 3.66. The highest BCUT2D eigenvalue weighted by molar-refractivity contribution is 7.91. The fourth-order valence-electron chi connectivity index (χ4n) is 1.46. The van der Waals surface area contributed by atoms with Gasteiger partial charge in [-0.1, -0.05) is 12.1 Å². The number of rotatable bonds is 5. The molecule has 0 fully saturated rings. The lowest BCUT2D eigenvalue weighted by Crippen LogP contribution is -2.07. The molecule has 4 nitrogen and oxygen atoms in total. The van der Waals surface area contributed by atoms with Crippen molar-refractivity contribution >= 4 is 32.5 Å². The normalized spacial score (nSPS) is 12.1. The van der Waals surface area contributed by atoms with Gasteiger partial charge in [-0.25, -0.2) is 8.42 Å². The quantitative estimate of drug-likeness (QED) is 0.621. The maximum atomic E-state index is 11.9. The van der Waals surface area contributed by atoms with E-state index in [9.17, 15) is 8.42 Å². The molecule has 0 atom stereocenters. The lowest BCUT2D eigenvalue weighted by Gasteiger charge is -1.97. The standard InChI is InChI=1S/C11H12ClNO3S/c12-7-3-4-8-17(14,15)11-13-9-5-1-2-6-10(9)16-11/h1-2,5-6H,3-4,7-8H2. The molecular formula is C11H12ClNO3S. The minimum absolute atomic E-state index is 0.0204. The Morgan fingerprint density at radius 3 is 2.71 bits per heavy atom. The molecule has 17 heavy (non-hydrogen) atoms. The number of fused-ring (bicyclic) bond motifs is 1. The monoisotopic (exact) mass is 273 g/mol. The first-order valence-corrected chi connectivity index (χ1v) is 7.46. The molecule has 0 N–H and O–H groups in total. The number of hydrogen-bond donors (Lipinski definition) is 0. The van der Waals surface area contributed by atoms with Gasteiger partial charge in [-0.05, 0) is 25.0 Å². The minimum Gasteiger partial charge on any atom is -0.428 e. The minimum atomic E-state index is -3.43. The molecule has 1 aromatic carbocycles. The van der Waals surface area contributed by atoms with Crippen LogP contribution in [0, 0.1) is 0 Å². The summed E-state index contributed by atoms with van der Waals surface area (Å²) >= 11 is 5.51. The van der Waals surface area contributed by atoms with Crippen molar-refractivity contribution < 1.29 is 12.8 Å². The van der Waals surface area contributed by atoms with Crippen LogP contribution in [-0.2, 0) is 9.84 Å². The van der Waals surface area contributed by atoms with Crippen molar-refractivity contribution in [1.29, 1.82) is 0 Å². The zero-order chi connectivity index (χ0) is 12.3. The molecular weight excluding hydrogens is 262 g/mol. The van der Waals surface area contributed by atoms with E-state index in [-0.39, 0.29) is 11.0 Å². The fourth-order valence-corrected chi connectivity index (χ4v) is 2.86. The van der Waals surface area contributed by atoms with Crippen molar-refractivity contribution in [2.45, 2.75) is 18.1 Å². The van der Waals surface area contributed by atoms with Crippen molar-refractivity contribution in [3.63, 3.8) is 0 Å². The van der Waals surface area contributed by atoms with Crippen molar-refractivity contribution in [2.24, 2.45) is 0 Å². The largest absolute Gasteiger partial charge is 0.428 e. The number of hydrogen-bond acceptors (Lipinski definition) is 4. The van der Waals surface area contributed by atoms with E-state index in [1.54, 1.807) is 24.3 Å². The summed E-state index contributed by atoms with van der Waals surface area (Å²) in [7, 11) is -3.43. The van der Waals surface area contributed by atoms with Gasteiger partial charge in [-0.3, -0.25) is 0 Å². The average Bonchev–Trinajstić information content (AvgIpc) is 2.73. The summed E-state index contributed by atoms with van der Waals surface area (Å²) < 4.78 is 29.0. The van der Waals surface area contributed by atoms with Crippen LogP contribution in [0.5, 0.6) is 0 Å². The summed E-state index contributed by atoms with van der Waals surface area (Å²) in [5, 5.41) is -0.201. The third-order valence-electron chi connectivity index (χ3n) is 2.34. The highest BCUT2D eigenvalue weighted by Crippen LogP contribution is 2.19. The molecule has 0 aliphatic carbocycles. The van der Waals surface area contributed by atoms with Crippen LogP contribution < -0.4 is 0 Å². The number of halogens is 1. The van der Waals surface area contributed by atoms with Gasteiger partial charge in [0.15, 0.2) is 5.58 Å². The number of oxazole rings is 1. The fraction of sp³-hybridized carbons (Fsp3) is 0.364. The Morgan fingerprint density at radius 2 is 2.00 bits per heavy atom. The van der Waals surface area contributed by atoms with Gasteiger partial charge in [0, 0.05) is 5.88 Å². The molecule has 0 radical (unpaired) electrons. The Hall–Kier alpha value is -1.07. The predicted octanol–water partition coefficient (Wildman–Crippen LogP) is 2.62.